The molecule has 1 fully saturated rings. The average molecular weight is 255 g/mol. The lowest BCUT2D eigenvalue weighted by Gasteiger charge is -2.25. The number of carbonyl (C=O) groups is 1. The minimum atomic E-state index is 0.306. The van der Waals surface area contributed by atoms with Crippen LogP contribution in [0.2, 0.25) is 0 Å². The minimum Gasteiger partial charge on any atom is -0.343 e. The Labute approximate surface area is 111 Å². The number of hydrogen-bond donors (Lipinski definition) is 2. The molecule has 1 rings (SSSR count). The zero-order valence-electron chi connectivity index (χ0n) is 12.0. The second-order valence-corrected chi connectivity index (χ2v) is 5.11. The zero-order valence-corrected chi connectivity index (χ0v) is 12.0. The number of nitrogens with one attached hydrogen (secondary N) is 2. The molecule has 0 aromatic carbocycles. The highest BCUT2D eigenvalue weighted by molar-refractivity contribution is 5.76. The summed E-state index contributed by atoms with van der Waals surface area (Å²) in [5, 5.41) is 6.85. The van der Waals surface area contributed by atoms with Gasteiger partial charge >= 0.3 is 0 Å². The molecule has 0 aliphatic carbocycles. The van der Waals surface area contributed by atoms with Crippen molar-refractivity contribution in [3.8, 4) is 0 Å². The summed E-state index contributed by atoms with van der Waals surface area (Å²) in [5.74, 6) is 0.306. The second kappa shape index (κ2) is 9.34. The molecule has 1 amide bonds. The summed E-state index contributed by atoms with van der Waals surface area (Å²) in [5.41, 5.74) is 0. The van der Waals surface area contributed by atoms with Gasteiger partial charge in [0.1, 0.15) is 0 Å². The molecule has 1 saturated heterocycles. The quantitative estimate of drug-likeness (QED) is 0.688. The van der Waals surface area contributed by atoms with Gasteiger partial charge in [0.25, 0.3) is 0 Å². The van der Waals surface area contributed by atoms with Crippen molar-refractivity contribution in [3.63, 3.8) is 0 Å². The molecule has 0 spiro atoms. The van der Waals surface area contributed by atoms with E-state index in [1.807, 2.05) is 4.90 Å². The first kappa shape index (κ1) is 15.4. The monoisotopic (exact) mass is 255 g/mol. The Kier molecular flexibility index (Phi) is 8.01. The van der Waals surface area contributed by atoms with Gasteiger partial charge in [0.05, 0.1) is 0 Å². The first-order valence-electron chi connectivity index (χ1n) is 7.49. The molecule has 1 aliphatic heterocycles. The van der Waals surface area contributed by atoms with Crippen LogP contribution in [0.4, 0.5) is 0 Å². The lowest BCUT2D eigenvalue weighted by atomic mass is 10.1. The van der Waals surface area contributed by atoms with E-state index >= 15 is 0 Å². The van der Waals surface area contributed by atoms with Gasteiger partial charge in [-0.2, -0.15) is 0 Å². The predicted octanol–water partition coefficient (Wildman–Crippen LogP) is 1.37. The van der Waals surface area contributed by atoms with Crippen LogP contribution >= 0.6 is 0 Å². The van der Waals surface area contributed by atoms with E-state index in [9.17, 15) is 4.79 Å². The van der Waals surface area contributed by atoms with E-state index < -0.39 is 0 Å². The Bertz CT molecular complexity index is 221. The number of rotatable bonds is 8. The Morgan fingerprint density at radius 1 is 1.22 bits per heavy atom. The van der Waals surface area contributed by atoms with Crippen LogP contribution in [0.25, 0.3) is 0 Å². The van der Waals surface area contributed by atoms with Crippen molar-refractivity contribution in [1.82, 2.24) is 15.5 Å². The molecule has 1 heterocycles. The van der Waals surface area contributed by atoms with E-state index in [1.165, 1.54) is 12.8 Å². The molecule has 0 radical (unpaired) electrons. The number of amides is 1. The van der Waals surface area contributed by atoms with Crippen LogP contribution in [-0.2, 0) is 4.79 Å². The SMILES string of the molecule is CCCN(CCC)C(=O)CCNC1CCNCC1. The molecular weight excluding hydrogens is 226 g/mol. The smallest absolute Gasteiger partial charge is 0.223 e. The fraction of sp³-hybridized carbons (Fsp3) is 0.929. The third-order valence-electron chi connectivity index (χ3n) is 3.45. The van der Waals surface area contributed by atoms with Gasteiger partial charge in [-0.15, -0.1) is 0 Å². The molecule has 0 unspecified atom stereocenters. The summed E-state index contributed by atoms with van der Waals surface area (Å²) in [7, 11) is 0. The molecule has 0 atom stereocenters. The van der Waals surface area contributed by atoms with Gasteiger partial charge < -0.3 is 15.5 Å². The zero-order chi connectivity index (χ0) is 13.2. The highest BCUT2D eigenvalue weighted by Gasteiger charge is 2.14. The van der Waals surface area contributed by atoms with Crippen LogP contribution in [0.3, 0.4) is 0 Å². The normalized spacial score (nSPS) is 16.8. The standard InChI is InChI=1S/C14H29N3O/c1-3-11-17(12-4-2)14(18)7-10-16-13-5-8-15-9-6-13/h13,15-16H,3-12H2,1-2H3. The van der Waals surface area contributed by atoms with Gasteiger partial charge in [-0.3, -0.25) is 4.79 Å². The third-order valence-corrected chi connectivity index (χ3v) is 3.45. The van der Waals surface area contributed by atoms with Crippen LogP contribution in [-0.4, -0.2) is 49.6 Å². The average Bonchev–Trinajstić information content (AvgIpc) is 2.39. The van der Waals surface area contributed by atoms with Crippen LogP contribution in [0.15, 0.2) is 0 Å². The molecule has 4 heteroatoms. The van der Waals surface area contributed by atoms with Crippen molar-refractivity contribution >= 4 is 5.91 Å². The van der Waals surface area contributed by atoms with Gasteiger partial charge in [0.15, 0.2) is 0 Å². The summed E-state index contributed by atoms with van der Waals surface area (Å²) in [6, 6.07) is 0.602. The third kappa shape index (κ3) is 5.83. The van der Waals surface area contributed by atoms with Crippen molar-refractivity contribution in [1.29, 1.82) is 0 Å². The van der Waals surface area contributed by atoms with Gasteiger partial charge in [0.2, 0.25) is 5.91 Å². The molecule has 0 bridgehead atoms. The van der Waals surface area contributed by atoms with Crippen molar-refractivity contribution in [3.05, 3.63) is 0 Å². The molecule has 0 aromatic heterocycles. The molecule has 0 saturated carbocycles. The predicted molar refractivity (Wildman–Crippen MR) is 75.7 cm³/mol. The fourth-order valence-corrected chi connectivity index (χ4v) is 2.47. The van der Waals surface area contributed by atoms with E-state index in [0.717, 1.165) is 45.6 Å². The maximum Gasteiger partial charge on any atom is 0.223 e. The molecule has 106 valence electrons. The molecule has 18 heavy (non-hydrogen) atoms. The summed E-state index contributed by atoms with van der Waals surface area (Å²) < 4.78 is 0. The highest BCUT2D eigenvalue weighted by Crippen LogP contribution is 2.03. The Morgan fingerprint density at radius 2 is 1.83 bits per heavy atom. The van der Waals surface area contributed by atoms with Crippen LogP contribution < -0.4 is 10.6 Å². The molecule has 0 aromatic rings. The topological polar surface area (TPSA) is 44.4 Å². The molecule has 1 aliphatic rings. The summed E-state index contributed by atoms with van der Waals surface area (Å²) in [6.45, 7) is 9.09. The second-order valence-electron chi connectivity index (χ2n) is 5.11. The maximum absolute atomic E-state index is 12.0. The van der Waals surface area contributed by atoms with Crippen LogP contribution in [0, 0.1) is 0 Å². The Morgan fingerprint density at radius 3 is 2.39 bits per heavy atom. The van der Waals surface area contributed by atoms with Crippen molar-refractivity contribution < 1.29 is 4.79 Å². The number of nitrogens with zero attached hydrogens (tertiary/aromatic N) is 1. The van der Waals surface area contributed by atoms with E-state index in [2.05, 4.69) is 24.5 Å². The number of piperidine rings is 1. The van der Waals surface area contributed by atoms with Crippen molar-refractivity contribution in [2.45, 2.75) is 52.0 Å². The Balaban J connectivity index is 2.17. The van der Waals surface area contributed by atoms with E-state index in [0.29, 0.717) is 18.4 Å². The molecule has 4 nitrogen and oxygen atoms in total. The number of hydrogen-bond acceptors (Lipinski definition) is 3. The van der Waals surface area contributed by atoms with E-state index in [4.69, 9.17) is 0 Å². The largest absolute Gasteiger partial charge is 0.343 e. The molecular formula is C14H29N3O. The van der Waals surface area contributed by atoms with Crippen LogP contribution in [0.5, 0.6) is 0 Å². The van der Waals surface area contributed by atoms with Gasteiger partial charge in [-0.05, 0) is 38.8 Å². The van der Waals surface area contributed by atoms with Gasteiger partial charge in [-0.1, -0.05) is 13.8 Å². The fourth-order valence-electron chi connectivity index (χ4n) is 2.47. The first-order chi connectivity index (χ1) is 8.77. The van der Waals surface area contributed by atoms with E-state index in [-0.39, 0.29) is 0 Å². The summed E-state index contributed by atoms with van der Waals surface area (Å²) in [6.07, 6.45) is 5.11. The van der Waals surface area contributed by atoms with Crippen molar-refractivity contribution in [2.24, 2.45) is 0 Å². The molecule has 2 N–H and O–H groups in total. The summed E-state index contributed by atoms with van der Waals surface area (Å²) in [4.78, 5) is 14.0. The van der Waals surface area contributed by atoms with Gasteiger partial charge in [-0.25, -0.2) is 0 Å². The minimum absolute atomic E-state index is 0.306. The lowest BCUT2D eigenvalue weighted by Crippen LogP contribution is -2.41. The highest BCUT2D eigenvalue weighted by atomic mass is 16.2. The van der Waals surface area contributed by atoms with Gasteiger partial charge in [0, 0.05) is 32.1 Å². The Hall–Kier alpha value is -0.610. The lowest BCUT2D eigenvalue weighted by molar-refractivity contribution is -0.131. The first-order valence-corrected chi connectivity index (χ1v) is 7.49. The number of carbonyl (C=O) groups excluding carboxylic acids is 1. The maximum atomic E-state index is 12.0. The summed E-state index contributed by atoms with van der Waals surface area (Å²) >= 11 is 0. The van der Waals surface area contributed by atoms with Crippen LogP contribution in [0.1, 0.15) is 46.0 Å². The van der Waals surface area contributed by atoms with E-state index in [1.54, 1.807) is 0 Å². The van der Waals surface area contributed by atoms with Crippen molar-refractivity contribution in [2.75, 3.05) is 32.7 Å².